The van der Waals surface area contributed by atoms with E-state index in [1.807, 2.05) is 30.3 Å². The summed E-state index contributed by atoms with van der Waals surface area (Å²) < 4.78 is 5.29. The summed E-state index contributed by atoms with van der Waals surface area (Å²) in [5, 5.41) is 10.1. The van der Waals surface area contributed by atoms with Gasteiger partial charge in [0.05, 0.1) is 6.07 Å². The number of ether oxygens (including phenoxy) is 1. The maximum absolute atomic E-state index is 12.1. The quantitative estimate of drug-likeness (QED) is 0.839. The zero-order valence-corrected chi connectivity index (χ0v) is 11.2. The molecule has 0 saturated carbocycles. The molecular formula is C15H16N2O2. The molecule has 4 nitrogen and oxygen atoms in total. The summed E-state index contributed by atoms with van der Waals surface area (Å²) in [6.45, 7) is 5.36. The summed E-state index contributed by atoms with van der Waals surface area (Å²) in [5.74, 6) is -1.42. The van der Waals surface area contributed by atoms with Crippen LogP contribution in [0.25, 0.3) is 10.9 Å². The lowest BCUT2D eigenvalue weighted by molar-refractivity contribution is -0.155. The fourth-order valence-electron chi connectivity index (χ4n) is 1.94. The van der Waals surface area contributed by atoms with Crippen molar-refractivity contribution in [2.24, 2.45) is 0 Å². The minimum Gasteiger partial charge on any atom is -0.459 e. The van der Waals surface area contributed by atoms with E-state index < -0.39 is 17.5 Å². The zero-order chi connectivity index (χ0) is 14.0. The van der Waals surface area contributed by atoms with Gasteiger partial charge in [0.2, 0.25) is 0 Å². The standard InChI is InChI=1S/C15H16N2O2/c1-15(2,3)19-14(18)11(8-16)12-9-17-13-7-5-4-6-10(12)13/h4-7,9,11,17H,1-3H3. The van der Waals surface area contributed by atoms with Gasteiger partial charge in [-0.1, -0.05) is 18.2 Å². The number of H-pyrrole nitrogens is 1. The summed E-state index contributed by atoms with van der Waals surface area (Å²) in [4.78, 5) is 15.1. The predicted octanol–water partition coefficient (Wildman–Crippen LogP) is 3.12. The van der Waals surface area contributed by atoms with Crippen molar-refractivity contribution in [1.29, 1.82) is 5.26 Å². The third kappa shape index (κ3) is 2.76. The number of rotatable bonds is 2. The molecule has 1 aromatic heterocycles. The van der Waals surface area contributed by atoms with E-state index in [4.69, 9.17) is 4.74 Å². The van der Waals surface area contributed by atoms with Gasteiger partial charge in [-0.25, -0.2) is 0 Å². The molecule has 0 saturated heterocycles. The summed E-state index contributed by atoms with van der Waals surface area (Å²) >= 11 is 0. The number of hydrogen-bond donors (Lipinski definition) is 1. The smallest absolute Gasteiger partial charge is 0.328 e. The Morgan fingerprint density at radius 1 is 1.37 bits per heavy atom. The molecule has 1 unspecified atom stereocenters. The molecule has 4 heteroatoms. The van der Waals surface area contributed by atoms with Crippen LogP contribution in [0.3, 0.4) is 0 Å². The van der Waals surface area contributed by atoms with Crippen LogP contribution in [0.5, 0.6) is 0 Å². The topological polar surface area (TPSA) is 65.9 Å². The van der Waals surface area contributed by atoms with E-state index in [0.29, 0.717) is 5.56 Å². The van der Waals surface area contributed by atoms with Crippen LogP contribution in [0, 0.1) is 11.3 Å². The van der Waals surface area contributed by atoms with Crippen molar-refractivity contribution < 1.29 is 9.53 Å². The Morgan fingerprint density at radius 2 is 2.05 bits per heavy atom. The Labute approximate surface area is 112 Å². The van der Waals surface area contributed by atoms with Crippen LogP contribution in [-0.2, 0) is 9.53 Å². The Hall–Kier alpha value is -2.28. The second kappa shape index (κ2) is 4.77. The average Bonchev–Trinajstić information content (AvgIpc) is 2.72. The van der Waals surface area contributed by atoms with Crippen LogP contribution in [0.4, 0.5) is 0 Å². The largest absolute Gasteiger partial charge is 0.459 e. The first kappa shape index (κ1) is 13.2. The molecule has 19 heavy (non-hydrogen) atoms. The Morgan fingerprint density at radius 3 is 2.68 bits per heavy atom. The maximum atomic E-state index is 12.1. The van der Waals surface area contributed by atoms with Crippen LogP contribution in [0.15, 0.2) is 30.5 Å². The van der Waals surface area contributed by atoms with E-state index >= 15 is 0 Å². The summed E-state index contributed by atoms with van der Waals surface area (Å²) in [6, 6.07) is 9.59. The van der Waals surface area contributed by atoms with Gasteiger partial charge < -0.3 is 9.72 Å². The number of carbonyl (C=O) groups is 1. The van der Waals surface area contributed by atoms with Gasteiger partial charge in [0.25, 0.3) is 0 Å². The third-order valence-electron chi connectivity index (χ3n) is 2.70. The van der Waals surface area contributed by atoms with E-state index in [0.717, 1.165) is 10.9 Å². The molecule has 98 valence electrons. The zero-order valence-electron chi connectivity index (χ0n) is 11.2. The Balaban J connectivity index is 2.38. The molecule has 0 aliphatic heterocycles. The highest BCUT2D eigenvalue weighted by molar-refractivity contribution is 5.91. The highest BCUT2D eigenvalue weighted by Gasteiger charge is 2.28. The molecule has 1 N–H and O–H groups in total. The molecule has 0 amide bonds. The van der Waals surface area contributed by atoms with Gasteiger partial charge in [-0.2, -0.15) is 5.26 Å². The summed E-state index contributed by atoms with van der Waals surface area (Å²) in [5.41, 5.74) is 0.965. The molecule has 1 heterocycles. The monoisotopic (exact) mass is 256 g/mol. The first-order valence-electron chi connectivity index (χ1n) is 6.11. The van der Waals surface area contributed by atoms with Crippen molar-refractivity contribution in [2.45, 2.75) is 32.3 Å². The summed E-state index contributed by atoms with van der Waals surface area (Å²) in [6.07, 6.45) is 1.70. The van der Waals surface area contributed by atoms with Crippen molar-refractivity contribution in [2.75, 3.05) is 0 Å². The van der Waals surface area contributed by atoms with E-state index in [1.165, 1.54) is 0 Å². The van der Waals surface area contributed by atoms with Crippen LogP contribution in [0.1, 0.15) is 32.3 Å². The number of nitrogens with zero attached hydrogens (tertiary/aromatic N) is 1. The first-order chi connectivity index (χ1) is 8.92. The number of para-hydroxylation sites is 1. The van der Waals surface area contributed by atoms with Gasteiger partial charge in [-0.15, -0.1) is 0 Å². The average molecular weight is 256 g/mol. The van der Waals surface area contributed by atoms with Crippen LogP contribution in [0.2, 0.25) is 0 Å². The highest BCUT2D eigenvalue weighted by atomic mass is 16.6. The van der Waals surface area contributed by atoms with Gasteiger partial charge in [-0.05, 0) is 26.8 Å². The number of aromatic nitrogens is 1. The fraction of sp³-hybridized carbons (Fsp3) is 0.333. The first-order valence-corrected chi connectivity index (χ1v) is 6.11. The Bertz CT molecular complexity index is 644. The van der Waals surface area contributed by atoms with Gasteiger partial charge in [-0.3, -0.25) is 4.79 Å². The number of carbonyl (C=O) groups excluding carboxylic acids is 1. The SMILES string of the molecule is CC(C)(C)OC(=O)C(C#N)c1c[nH]c2ccccc12. The predicted molar refractivity (Wildman–Crippen MR) is 72.5 cm³/mol. The molecule has 1 aromatic carbocycles. The van der Waals surface area contributed by atoms with Gasteiger partial charge >= 0.3 is 5.97 Å². The van der Waals surface area contributed by atoms with Crippen LogP contribution < -0.4 is 0 Å². The molecule has 0 aliphatic carbocycles. The molecule has 0 bridgehead atoms. The number of fused-ring (bicyclic) bond motifs is 1. The lowest BCUT2D eigenvalue weighted by Crippen LogP contribution is -2.27. The van der Waals surface area contributed by atoms with Crippen LogP contribution >= 0.6 is 0 Å². The lowest BCUT2D eigenvalue weighted by atomic mass is 10.00. The molecule has 2 rings (SSSR count). The number of nitriles is 1. The van der Waals surface area contributed by atoms with Gasteiger partial charge in [0, 0.05) is 22.7 Å². The van der Waals surface area contributed by atoms with Crippen molar-refractivity contribution in [3.63, 3.8) is 0 Å². The number of nitrogens with one attached hydrogen (secondary N) is 1. The van der Waals surface area contributed by atoms with Crippen molar-refractivity contribution in [3.8, 4) is 6.07 Å². The maximum Gasteiger partial charge on any atom is 0.328 e. The van der Waals surface area contributed by atoms with Gasteiger partial charge in [0.1, 0.15) is 5.60 Å². The number of aromatic amines is 1. The number of hydrogen-bond acceptors (Lipinski definition) is 3. The van der Waals surface area contributed by atoms with E-state index in [9.17, 15) is 10.1 Å². The van der Waals surface area contributed by atoms with E-state index in [1.54, 1.807) is 27.0 Å². The second-order valence-corrected chi connectivity index (χ2v) is 5.39. The molecule has 1 atom stereocenters. The highest BCUT2D eigenvalue weighted by Crippen LogP contribution is 2.27. The lowest BCUT2D eigenvalue weighted by Gasteiger charge is -2.21. The third-order valence-corrected chi connectivity index (χ3v) is 2.70. The molecule has 0 radical (unpaired) electrons. The van der Waals surface area contributed by atoms with Crippen molar-refractivity contribution >= 4 is 16.9 Å². The molecule has 0 aliphatic rings. The van der Waals surface area contributed by atoms with E-state index in [2.05, 4.69) is 4.98 Å². The van der Waals surface area contributed by atoms with Crippen molar-refractivity contribution in [1.82, 2.24) is 4.98 Å². The summed E-state index contributed by atoms with van der Waals surface area (Å²) in [7, 11) is 0. The van der Waals surface area contributed by atoms with Crippen LogP contribution in [-0.4, -0.2) is 16.6 Å². The number of esters is 1. The Kier molecular flexibility index (Phi) is 3.30. The molecule has 0 spiro atoms. The fourth-order valence-corrected chi connectivity index (χ4v) is 1.94. The van der Waals surface area contributed by atoms with Gasteiger partial charge in [0.15, 0.2) is 5.92 Å². The molecule has 2 aromatic rings. The normalized spacial score (nSPS) is 12.9. The molecular weight excluding hydrogens is 240 g/mol. The number of benzene rings is 1. The molecule has 0 fully saturated rings. The van der Waals surface area contributed by atoms with E-state index in [-0.39, 0.29) is 0 Å². The second-order valence-electron chi connectivity index (χ2n) is 5.39. The van der Waals surface area contributed by atoms with Crippen molar-refractivity contribution in [3.05, 3.63) is 36.0 Å². The minimum atomic E-state index is -0.907. The minimum absolute atomic E-state index is 0.514.